The smallest absolute Gasteiger partial charge is 0.397 e. The van der Waals surface area contributed by atoms with Gasteiger partial charge in [-0.15, -0.1) is 0 Å². The number of aromatic nitrogens is 1. The van der Waals surface area contributed by atoms with E-state index in [4.69, 9.17) is 17.3 Å². The van der Waals surface area contributed by atoms with Crippen molar-refractivity contribution in [2.75, 3.05) is 29.0 Å². The summed E-state index contributed by atoms with van der Waals surface area (Å²) in [5.74, 6) is 0.00520. The predicted molar refractivity (Wildman–Crippen MR) is 98.7 cm³/mol. The fourth-order valence-electron chi connectivity index (χ4n) is 3.04. The van der Waals surface area contributed by atoms with Crippen LogP contribution in [0.5, 0.6) is 0 Å². The molecule has 0 bridgehead atoms. The molecule has 0 radical (unpaired) electrons. The maximum atomic E-state index is 12.9. The zero-order chi connectivity index (χ0) is 19.6. The van der Waals surface area contributed by atoms with Gasteiger partial charge in [0.2, 0.25) is 5.91 Å². The number of piperidine rings is 1. The number of hydrogen-bond donors (Lipinski definition) is 2. The first kappa shape index (κ1) is 19.3. The molecule has 0 spiro atoms. The van der Waals surface area contributed by atoms with Gasteiger partial charge in [-0.25, -0.2) is 4.98 Å². The molecule has 1 saturated heterocycles. The van der Waals surface area contributed by atoms with Crippen molar-refractivity contribution in [3.8, 4) is 0 Å². The minimum atomic E-state index is -4.50. The van der Waals surface area contributed by atoms with Gasteiger partial charge in [0, 0.05) is 25.2 Å². The molecule has 1 amide bonds. The van der Waals surface area contributed by atoms with Gasteiger partial charge < -0.3 is 16.0 Å². The highest BCUT2D eigenvalue weighted by Crippen LogP contribution is 2.34. The Morgan fingerprint density at radius 2 is 1.96 bits per heavy atom. The Bertz CT molecular complexity index is 836. The van der Waals surface area contributed by atoms with Gasteiger partial charge in [0.25, 0.3) is 0 Å². The van der Waals surface area contributed by atoms with Crippen LogP contribution in [0.1, 0.15) is 18.4 Å². The van der Waals surface area contributed by atoms with Crippen molar-refractivity contribution >= 4 is 34.7 Å². The Hall–Kier alpha value is -2.48. The normalized spacial score (nSPS) is 15.6. The molecule has 1 aromatic carbocycles. The summed E-state index contributed by atoms with van der Waals surface area (Å²) in [6, 6.07) is 6.38. The number of carbonyl (C=O) groups excluding carboxylic acids is 1. The lowest BCUT2D eigenvalue weighted by atomic mass is 9.95. The number of anilines is 3. The molecule has 9 heteroatoms. The molecule has 0 unspecified atom stereocenters. The highest BCUT2D eigenvalue weighted by Gasteiger charge is 2.32. The van der Waals surface area contributed by atoms with Crippen LogP contribution in [0.4, 0.5) is 30.4 Å². The minimum absolute atomic E-state index is 0.0231. The Labute approximate surface area is 159 Å². The number of rotatable bonds is 3. The van der Waals surface area contributed by atoms with Crippen LogP contribution in [0.15, 0.2) is 36.5 Å². The highest BCUT2D eigenvalue weighted by molar-refractivity contribution is 6.32. The summed E-state index contributed by atoms with van der Waals surface area (Å²) in [7, 11) is 0. The van der Waals surface area contributed by atoms with Gasteiger partial charge in [0.15, 0.2) is 0 Å². The Kier molecular flexibility index (Phi) is 5.46. The molecule has 0 aliphatic carbocycles. The average Bonchev–Trinajstić information content (AvgIpc) is 2.63. The molecule has 27 heavy (non-hydrogen) atoms. The molecule has 144 valence electrons. The van der Waals surface area contributed by atoms with Crippen LogP contribution in [-0.2, 0) is 11.0 Å². The third-order valence-electron chi connectivity index (χ3n) is 4.54. The number of halogens is 4. The van der Waals surface area contributed by atoms with E-state index in [9.17, 15) is 18.0 Å². The second kappa shape index (κ2) is 7.64. The number of hydrogen-bond acceptors (Lipinski definition) is 4. The number of benzene rings is 1. The monoisotopic (exact) mass is 398 g/mol. The number of alkyl halides is 3. The summed E-state index contributed by atoms with van der Waals surface area (Å²) < 4.78 is 38.6. The Morgan fingerprint density at radius 1 is 1.26 bits per heavy atom. The van der Waals surface area contributed by atoms with Gasteiger partial charge >= 0.3 is 6.18 Å². The molecule has 3 rings (SSSR count). The lowest BCUT2D eigenvalue weighted by Crippen LogP contribution is -2.38. The van der Waals surface area contributed by atoms with Crippen molar-refractivity contribution < 1.29 is 18.0 Å². The Morgan fingerprint density at radius 3 is 2.59 bits per heavy atom. The molecule has 2 heterocycles. The predicted octanol–water partition coefficient (Wildman–Crippen LogP) is 4.19. The number of nitrogens with one attached hydrogen (secondary N) is 1. The maximum Gasteiger partial charge on any atom is 0.416 e. The van der Waals surface area contributed by atoms with E-state index >= 15 is 0 Å². The van der Waals surface area contributed by atoms with Gasteiger partial charge in [0.1, 0.15) is 5.82 Å². The van der Waals surface area contributed by atoms with Crippen molar-refractivity contribution in [1.29, 1.82) is 0 Å². The van der Waals surface area contributed by atoms with Gasteiger partial charge in [-0.2, -0.15) is 13.2 Å². The first-order chi connectivity index (χ1) is 12.8. The average molecular weight is 399 g/mol. The topological polar surface area (TPSA) is 71.2 Å². The lowest BCUT2D eigenvalue weighted by molar-refractivity contribution is -0.137. The number of amides is 1. The molecule has 3 N–H and O–H groups in total. The largest absolute Gasteiger partial charge is 0.416 e. The fraction of sp³-hybridized carbons (Fsp3) is 0.333. The molecule has 1 fully saturated rings. The fourth-order valence-corrected chi connectivity index (χ4v) is 3.28. The van der Waals surface area contributed by atoms with Crippen LogP contribution >= 0.6 is 11.6 Å². The van der Waals surface area contributed by atoms with E-state index in [0.29, 0.717) is 36.8 Å². The third kappa shape index (κ3) is 4.44. The first-order valence-corrected chi connectivity index (χ1v) is 8.76. The summed E-state index contributed by atoms with van der Waals surface area (Å²) in [5, 5.41) is 3.07. The summed E-state index contributed by atoms with van der Waals surface area (Å²) in [4.78, 5) is 18.7. The molecule has 0 atom stereocenters. The number of nitrogens with zero attached hydrogens (tertiary/aromatic N) is 2. The maximum absolute atomic E-state index is 12.9. The summed E-state index contributed by atoms with van der Waals surface area (Å²) in [6.07, 6.45) is -1.77. The number of nitrogen functional groups attached to an aromatic ring is 1. The molecule has 2 aromatic rings. The molecular formula is C18H18ClF3N4O. The van der Waals surface area contributed by atoms with Crippen LogP contribution in [0.25, 0.3) is 0 Å². The van der Waals surface area contributed by atoms with E-state index in [0.717, 1.165) is 18.2 Å². The first-order valence-electron chi connectivity index (χ1n) is 8.39. The molecule has 1 aliphatic rings. The highest BCUT2D eigenvalue weighted by atomic mass is 35.5. The van der Waals surface area contributed by atoms with Crippen molar-refractivity contribution in [1.82, 2.24) is 4.98 Å². The van der Waals surface area contributed by atoms with E-state index in [1.54, 1.807) is 18.3 Å². The van der Waals surface area contributed by atoms with Crippen molar-refractivity contribution in [2.45, 2.75) is 19.0 Å². The van der Waals surface area contributed by atoms with E-state index in [1.165, 1.54) is 0 Å². The van der Waals surface area contributed by atoms with Crippen LogP contribution in [0, 0.1) is 5.92 Å². The standard InChI is InChI=1S/C18H18ClF3N4O/c19-13-2-1-7-24-16(13)26-8-5-11(6-9-26)17(27)25-15-10-12(18(20,21)22)3-4-14(15)23/h1-4,7,10-11H,5-6,8-9,23H2,(H,25,27). The zero-order valence-electron chi connectivity index (χ0n) is 14.3. The van der Waals surface area contributed by atoms with Gasteiger partial charge in [-0.1, -0.05) is 11.6 Å². The second-order valence-corrected chi connectivity index (χ2v) is 6.77. The third-order valence-corrected chi connectivity index (χ3v) is 4.84. The van der Waals surface area contributed by atoms with Crippen LogP contribution in [-0.4, -0.2) is 24.0 Å². The number of pyridine rings is 1. The van der Waals surface area contributed by atoms with E-state index in [2.05, 4.69) is 10.3 Å². The van der Waals surface area contributed by atoms with Crippen molar-refractivity contribution in [3.05, 3.63) is 47.1 Å². The van der Waals surface area contributed by atoms with Crippen molar-refractivity contribution in [3.63, 3.8) is 0 Å². The molecule has 1 aliphatic heterocycles. The van der Waals surface area contributed by atoms with Gasteiger partial charge in [-0.3, -0.25) is 4.79 Å². The van der Waals surface area contributed by atoms with Gasteiger partial charge in [0.05, 0.1) is 22.0 Å². The second-order valence-electron chi connectivity index (χ2n) is 6.36. The molecule has 5 nitrogen and oxygen atoms in total. The van der Waals surface area contributed by atoms with E-state index < -0.39 is 11.7 Å². The van der Waals surface area contributed by atoms with Crippen molar-refractivity contribution in [2.24, 2.45) is 5.92 Å². The SMILES string of the molecule is Nc1ccc(C(F)(F)F)cc1NC(=O)C1CCN(c2ncccc2Cl)CC1. The number of nitrogens with two attached hydrogens (primary N) is 1. The molecule has 0 saturated carbocycles. The molecule has 1 aromatic heterocycles. The van der Waals surface area contributed by atoms with E-state index in [-0.39, 0.29) is 23.2 Å². The minimum Gasteiger partial charge on any atom is -0.397 e. The van der Waals surface area contributed by atoms with Crippen LogP contribution < -0.4 is 16.0 Å². The number of carbonyl (C=O) groups is 1. The Balaban J connectivity index is 1.64. The zero-order valence-corrected chi connectivity index (χ0v) is 15.0. The van der Waals surface area contributed by atoms with Crippen LogP contribution in [0.3, 0.4) is 0 Å². The lowest BCUT2D eigenvalue weighted by Gasteiger charge is -2.32. The van der Waals surface area contributed by atoms with Gasteiger partial charge in [-0.05, 0) is 43.2 Å². The summed E-state index contributed by atoms with van der Waals surface area (Å²) in [6.45, 7) is 1.15. The summed E-state index contributed by atoms with van der Waals surface area (Å²) in [5.41, 5.74) is 4.93. The molecular weight excluding hydrogens is 381 g/mol. The van der Waals surface area contributed by atoms with E-state index in [1.807, 2.05) is 4.90 Å². The summed E-state index contributed by atoms with van der Waals surface area (Å²) >= 11 is 6.14. The van der Waals surface area contributed by atoms with Crippen LogP contribution in [0.2, 0.25) is 5.02 Å². The quantitative estimate of drug-likeness (QED) is 0.760.